The lowest BCUT2D eigenvalue weighted by atomic mass is 9.80. The molecule has 2 N–H and O–H groups in total. The average molecular weight is 383 g/mol. The maximum Gasteiger partial charge on any atom is 0.317 e. The molecule has 2 aromatic carbocycles. The van der Waals surface area contributed by atoms with E-state index < -0.39 is 0 Å². The summed E-state index contributed by atoms with van der Waals surface area (Å²) < 4.78 is 5.40. The number of hydrogen-bond acceptors (Lipinski definition) is 3. The molecule has 1 heterocycles. The smallest absolute Gasteiger partial charge is 0.317 e. The van der Waals surface area contributed by atoms with Gasteiger partial charge < -0.3 is 20.1 Å². The van der Waals surface area contributed by atoms with Gasteiger partial charge in [0.15, 0.2) is 0 Å². The average Bonchev–Trinajstić information content (AvgIpc) is 2.75. The minimum Gasteiger partial charge on any atom is -0.396 e. The van der Waals surface area contributed by atoms with Crippen molar-refractivity contribution in [3.05, 3.63) is 60.2 Å². The van der Waals surface area contributed by atoms with Gasteiger partial charge >= 0.3 is 6.03 Å². The summed E-state index contributed by atoms with van der Waals surface area (Å²) in [5.74, 6) is 0. The largest absolute Gasteiger partial charge is 0.396 e. The number of carbonyl (C=O) groups is 1. The van der Waals surface area contributed by atoms with Crippen LogP contribution in [0.4, 0.5) is 4.79 Å². The van der Waals surface area contributed by atoms with Crippen molar-refractivity contribution in [2.75, 3.05) is 33.4 Å². The summed E-state index contributed by atoms with van der Waals surface area (Å²) in [6, 6.07) is 18.3. The van der Waals surface area contributed by atoms with Gasteiger partial charge in [0.1, 0.15) is 0 Å². The third-order valence-corrected chi connectivity index (χ3v) is 5.67. The van der Waals surface area contributed by atoms with Gasteiger partial charge in [0.2, 0.25) is 0 Å². The van der Waals surface area contributed by atoms with Crippen molar-refractivity contribution >= 4 is 6.03 Å². The quantitative estimate of drug-likeness (QED) is 0.798. The van der Waals surface area contributed by atoms with Gasteiger partial charge in [0, 0.05) is 32.2 Å². The topological polar surface area (TPSA) is 61.8 Å². The van der Waals surface area contributed by atoms with Gasteiger partial charge in [0.25, 0.3) is 0 Å². The highest BCUT2D eigenvalue weighted by Gasteiger charge is 2.34. The maximum atomic E-state index is 12.6. The molecule has 0 bridgehead atoms. The van der Waals surface area contributed by atoms with Crippen molar-refractivity contribution in [1.82, 2.24) is 10.2 Å². The molecule has 3 rings (SSSR count). The first-order valence-electron chi connectivity index (χ1n) is 9.89. The predicted molar refractivity (Wildman–Crippen MR) is 111 cm³/mol. The fourth-order valence-corrected chi connectivity index (χ4v) is 3.72. The molecular formula is C23H30N2O3. The van der Waals surface area contributed by atoms with Crippen molar-refractivity contribution < 1.29 is 14.6 Å². The zero-order valence-corrected chi connectivity index (χ0v) is 16.7. The first-order valence-corrected chi connectivity index (χ1v) is 9.89. The molecule has 150 valence electrons. The summed E-state index contributed by atoms with van der Waals surface area (Å²) in [6.45, 7) is 3.86. The van der Waals surface area contributed by atoms with E-state index in [1.54, 1.807) is 11.9 Å². The van der Waals surface area contributed by atoms with E-state index in [4.69, 9.17) is 4.74 Å². The van der Waals surface area contributed by atoms with E-state index in [1.807, 2.05) is 25.1 Å². The van der Waals surface area contributed by atoms with Gasteiger partial charge in [-0.15, -0.1) is 0 Å². The lowest BCUT2D eigenvalue weighted by Crippen LogP contribution is -2.47. The molecule has 1 aliphatic heterocycles. The SMILES string of the molecule is C[C@@H](NC(=O)N(C)CC1(CO)CCOCC1)c1ccc(-c2ccccc2)cc1. The van der Waals surface area contributed by atoms with Crippen LogP contribution in [0.25, 0.3) is 11.1 Å². The van der Waals surface area contributed by atoms with Crippen LogP contribution in [0.3, 0.4) is 0 Å². The van der Waals surface area contributed by atoms with E-state index in [0.717, 1.165) is 24.0 Å². The Morgan fingerprint density at radius 3 is 2.32 bits per heavy atom. The Morgan fingerprint density at radius 2 is 1.71 bits per heavy atom. The minimum atomic E-state index is -0.259. The first-order chi connectivity index (χ1) is 13.5. The van der Waals surface area contributed by atoms with Crippen LogP contribution < -0.4 is 5.32 Å². The van der Waals surface area contributed by atoms with Gasteiger partial charge in [-0.25, -0.2) is 4.79 Å². The van der Waals surface area contributed by atoms with Crippen LogP contribution in [0.5, 0.6) is 0 Å². The van der Waals surface area contributed by atoms with E-state index in [2.05, 4.69) is 41.7 Å². The standard InChI is InChI=1S/C23H30N2O3/c1-18(19-8-10-21(11-9-19)20-6-4-3-5-7-20)24-22(27)25(2)16-23(17-26)12-14-28-15-13-23/h3-11,18,26H,12-17H2,1-2H3,(H,24,27)/t18-/m1/s1. The van der Waals surface area contributed by atoms with Crippen LogP contribution in [0.1, 0.15) is 31.4 Å². The molecule has 28 heavy (non-hydrogen) atoms. The van der Waals surface area contributed by atoms with Gasteiger partial charge in [-0.1, -0.05) is 54.6 Å². The normalized spacial score (nSPS) is 17.0. The lowest BCUT2D eigenvalue weighted by Gasteiger charge is -2.38. The Bertz CT molecular complexity index is 755. The number of benzene rings is 2. The molecule has 0 saturated carbocycles. The number of rotatable bonds is 6. The molecule has 1 aliphatic rings. The second-order valence-corrected chi connectivity index (χ2v) is 7.79. The molecule has 5 heteroatoms. The molecule has 1 atom stereocenters. The molecule has 0 radical (unpaired) electrons. The second-order valence-electron chi connectivity index (χ2n) is 7.79. The van der Waals surface area contributed by atoms with E-state index in [1.165, 1.54) is 5.56 Å². The number of hydrogen-bond donors (Lipinski definition) is 2. The zero-order chi connectivity index (χ0) is 20.0. The summed E-state index contributed by atoms with van der Waals surface area (Å²) in [5.41, 5.74) is 3.13. The summed E-state index contributed by atoms with van der Waals surface area (Å²) in [5, 5.41) is 12.9. The van der Waals surface area contributed by atoms with Gasteiger partial charge in [-0.3, -0.25) is 0 Å². The maximum absolute atomic E-state index is 12.6. The van der Waals surface area contributed by atoms with Crippen molar-refractivity contribution in [3.8, 4) is 11.1 Å². The van der Waals surface area contributed by atoms with Crippen molar-refractivity contribution in [1.29, 1.82) is 0 Å². The van der Waals surface area contributed by atoms with E-state index in [-0.39, 0.29) is 24.1 Å². The Kier molecular flexibility index (Phi) is 6.70. The number of ether oxygens (including phenoxy) is 1. The molecule has 1 saturated heterocycles. The lowest BCUT2D eigenvalue weighted by molar-refractivity contribution is -0.0261. The molecule has 0 spiro atoms. The van der Waals surface area contributed by atoms with Crippen LogP contribution in [0.15, 0.2) is 54.6 Å². The fourth-order valence-electron chi connectivity index (χ4n) is 3.72. The highest BCUT2D eigenvalue weighted by atomic mass is 16.5. The molecule has 2 aromatic rings. The second kappa shape index (κ2) is 9.22. The Labute approximate surface area is 167 Å². The third kappa shape index (κ3) is 4.91. The Hall–Kier alpha value is -2.37. The number of aliphatic hydroxyl groups excluding tert-OH is 1. The molecule has 0 aromatic heterocycles. The van der Waals surface area contributed by atoms with Crippen molar-refractivity contribution in [3.63, 3.8) is 0 Å². The Morgan fingerprint density at radius 1 is 1.11 bits per heavy atom. The van der Waals surface area contributed by atoms with Crippen LogP contribution in [0, 0.1) is 5.41 Å². The highest BCUT2D eigenvalue weighted by Crippen LogP contribution is 2.31. The third-order valence-electron chi connectivity index (χ3n) is 5.67. The summed E-state index contributed by atoms with van der Waals surface area (Å²) in [6.07, 6.45) is 1.55. The number of nitrogens with zero attached hydrogens (tertiary/aromatic N) is 1. The monoisotopic (exact) mass is 382 g/mol. The molecule has 0 unspecified atom stereocenters. The van der Waals surface area contributed by atoms with Crippen molar-refractivity contribution in [2.24, 2.45) is 5.41 Å². The van der Waals surface area contributed by atoms with Crippen LogP contribution in [-0.2, 0) is 4.74 Å². The predicted octanol–water partition coefficient (Wildman–Crippen LogP) is 3.85. The summed E-state index contributed by atoms with van der Waals surface area (Å²) >= 11 is 0. The molecule has 5 nitrogen and oxygen atoms in total. The number of amides is 2. The molecule has 2 amide bonds. The Balaban J connectivity index is 1.59. The van der Waals surface area contributed by atoms with Crippen molar-refractivity contribution in [2.45, 2.75) is 25.8 Å². The van der Waals surface area contributed by atoms with Crippen LogP contribution >= 0.6 is 0 Å². The van der Waals surface area contributed by atoms with E-state index >= 15 is 0 Å². The fraction of sp³-hybridized carbons (Fsp3) is 0.435. The number of aliphatic hydroxyl groups is 1. The molecule has 1 fully saturated rings. The molecular weight excluding hydrogens is 352 g/mol. The summed E-state index contributed by atoms with van der Waals surface area (Å²) in [7, 11) is 1.79. The van der Waals surface area contributed by atoms with E-state index in [0.29, 0.717) is 19.8 Å². The number of urea groups is 1. The molecule has 0 aliphatic carbocycles. The van der Waals surface area contributed by atoms with E-state index in [9.17, 15) is 9.90 Å². The first kappa shape index (κ1) is 20.4. The van der Waals surface area contributed by atoms with Gasteiger partial charge in [0.05, 0.1) is 12.6 Å². The van der Waals surface area contributed by atoms with Gasteiger partial charge in [-0.2, -0.15) is 0 Å². The number of nitrogens with one attached hydrogen (secondary N) is 1. The van der Waals surface area contributed by atoms with Gasteiger partial charge in [-0.05, 0) is 36.5 Å². The summed E-state index contributed by atoms with van der Waals surface area (Å²) in [4.78, 5) is 14.3. The zero-order valence-electron chi connectivity index (χ0n) is 16.7. The van der Waals surface area contributed by atoms with Crippen LogP contribution in [0.2, 0.25) is 0 Å². The van der Waals surface area contributed by atoms with Crippen LogP contribution in [-0.4, -0.2) is 49.5 Å². The minimum absolute atomic E-state index is 0.0739. The number of carbonyl (C=O) groups excluding carboxylic acids is 1. The highest BCUT2D eigenvalue weighted by molar-refractivity contribution is 5.74.